The van der Waals surface area contributed by atoms with Gasteiger partial charge in [0.15, 0.2) is 0 Å². The fourth-order valence-corrected chi connectivity index (χ4v) is 2.33. The first-order valence-electron chi connectivity index (χ1n) is 6.45. The second-order valence-electron chi connectivity index (χ2n) is 5.18. The molecular weight excluding hydrogens is 202 g/mol. The van der Waals surface area contributed by atoms with E-state index >= 15 is 0 Å². The molecule has 0 bridgehead atoms. The molecule has 1 heterocycles. The van der Waals surface area contributed by atoms with Crippen LogP contribution >= 0.6 is 0 Å². The standard InChI is InChI=1S/C12H23N3O/c1-9(8-13)14-11-4-6-15(7-5-11)12(16)10-2-3-10/h9-11,14H,2-8,13H2,1H3. The van der Waals surface area contributed by atoms with E-state index in [1.165, 1.54) is 0 Å². The minimum atomic E-state index is 0.368. The second-order valence-corrected chi connectivity index (χ2v) is 5.18. The highest BCUT2D eigenvalue weighted by molar-refractivity contribution is 5.81. The fourth-order valence-electron chi connectivity index (χ4n) is 2.33. The van der Waals surface area contributed by atoms with Gasteiger partial charge in [0, 0.05) is 37.6 Å². The van der Waals surface area contributed by atoms with Gasteiger partial charge in [0.2, 0.25) is 5.91 Å². The van der Waals surface area contributed by atoms with Crippen LogP contribution < -0.4 is 11.1 Å². The van der Waals surface area contributed by atoms with Gasteiger partial charge in [-0.25, -0.2) is 0 Å². The SMILES string of the molecule is CC(CN)NC1CCN(C(=O)C2CC2)CC1. The van der Waals surface area contributed by atoms with Crippen LogP contribution in [0.2, 0.25) is 0 Å². The van der Waals surface area contributed by atoms with Gasteiger partial charge in [0.25, 0.3) is 0 Å². The average Bonchev–Trinajstić information content (AvgIpc) is 3.13. The maximum absolute atomic E-state index is 11.8. The van der Waals surface area contributed by atoms with E-state index in [1.807, 2.05) is 4.90 Å². The Labute approximate surface area is 97.6 Å². The van der Waals surface area contributed by atoms with Crippen molar-refractivity contribution in [1.29, 1.82) is 0 Å². The van der Waals surface area contributed by atoms with Crippen LogP contribution in [0.4, 0.5) is 0 Å². The third-order valence-corrected chi connectivity index (χ3v) is 3.61. The van der Waals surface area contributed by atoms with E-state index in [9.17, 15) is 4.79 Å². The van der Waals surface area contributed by atoms with Crippen LogP contribution in [-0.4, -0.2) is 42.5 Å². The lowest BCUT2D eigenvalue weighted by Crippen LogP contribution is -2.49. The molecule has 2 aliphatic rings. The molecule has 16 heavy (non-hydrogen) atoms. The topological polar surface area (TPSA) is 58.4 Å². The Morgan fingerprint density at radius 3 is 2.50 bits per heavy atom. The summed E-state index contributed by atoms with van der Waals surface area (Å²) in [6.45, 7) is 4.64. The van der Waals surface area contributed by atoms with Crippen molar-refractivity contribution in [1.82, 2.24) is 10.2 Å². The van der Waals surface area contributed by atoms with Gasteiger partial charge >= 0.3 is 0 Å². The zero-order valence-electron chi connectivity index (χ0n) is 10.1. The lowest BCUT2D eigenvalue weighted by molar-refractivity contribution is -0.133. The van der Waals surface area contributed by atoms with Gasteiger partial charge in [-0.2, -0.15) is 0 Å². The molecule has 0 radical (unpaired) electrons. The smallest absolute Gasteiger partial charge is 0.225 e. The summed E-state index contributed by atoms with van der Waals surface area (Å²) < 4.78 is 0. The largest absolute Gasteiger partial charge is 0.342 e. The van der Waals surface area contributed by atoms with Crippen LogP contribution in [0.25, 0.3) is 0 Å². The van der Waals surface area contributed by atoms with Gasteiger partial charge in [-0.15, -0.1) is 0 Å². The quantitative estimate of drug-likeness (QED) is 0.724. The third-order valence-electron chi connectivity index (χ3n) is 3.61. The summed E-state index contributed by atoms with van der Waals surface area (Å²) in [6, 6.07) is 0.928. The number of piperidine rings is 1. The summed E-state index contributed by atoms with van der Waals surface area (Å²) in [7, 11) is 0. The maximum Gasteiger partial charge on any atom is 0.225 e. The van der Waals surface area contributed by atoms with Crippen LogP contribution in [0.5, 0.6) is 0 Å². The molecule has 0 aromatic heterocycles. The molecule has 2 fully saturated rings. The molecule has 1 atom stereocenters. The zero-order chi connectivity index (χ0) is 11.5. The molecule has 1 amide bonds. The van der Waals surface area contributed by atoms with E-state index in [1.54, 1.807) is 0 Å². The predicted octanol–water partition coefficient (Wildman–Crippen LogP) is 0.324. The van der Waals surface area contributed by atoms with Gasteiger partial charge in [-0.1, -0.05) is 0 Å². The number of nitrogens with one attached hydrogen (secondary N) is 1. The van der Waals surface area contributed by atoms with Crippen LogP contribution in [0.15, 0.2) is 0 Å². The van der Waals surface area contributed by atoms with E-state index in [-0.39, 0.29) is 0 Å². The number of carbonyl (C=O) groups excluding carboxylic acids is 1. The van der Waals surface area contributed by atoms with Crippen molar-refractivity contribution in [3.05, 3.63) is 0 Å². The molecule has 4 heteroatoms. The van der Waals surface area contributed by atoms with Crippen molar-refractivity contribution >= 4 is 5.91 Å². The number of nitrogens with two attached hydrogens (primary N) is 1. The third kappa shape index (κ3) is 2.95. The number of amides is 1. The Hall–Kier alpha value is -0.610. The van der Waals surface area contributed by atoms with Gasteiger partial charge in [0.05, 0.1) is 0 Å². The highest BCUT2D eigenvalue weighted by atomic mass is 16.2. The van der Waals surface area contributed by atoms with Gasteiger partial charge < -0.3 is 16.0 Å². The van der Waals surface area contributed by atoms with Gasteiger partial charge in [-0.05, 0) is 32.6 Å². The van der Waals surface area contributed by atoms with Gasteiger partial charge in [0.1, 0.15) is 0 Å². The minimum absolute atomic E-state index is 0.368. The number of hydrogen-bond acceptors (Lipinski definition) is 3. The minimum Gasteiger partial charge on any atom is -0.342 e. The Bertz CT molecular complexity index is 245. The first kappa shape index (κ1) is 11.9. The summed E-state index contributed by atoms with van der Waals surface area (Å²) in [5.74, 6) is 0.762. The van der Waals surface area contributed by atoms with E-state index in [0.29, 0.717) is 30.5 Å². The molecule has 3 N–H and O–H groups in total. The number of likely N-dealkylation sites (tertiary alicyclic amines) is 1. The van der Waals surface area contributed by atoms with E-state index < -0.39 is 0 Å². The summed E-state index contributed by atoms with van der Waals surface area (Å²) in [6.07, 6.45) is 4.37. The average molecular weight is 225 g/mol. The van der Waals surface area contributed by atoms with E-state index in [0.717, 1.165) is 38.8 Å². The Balaban J connectivity index is 1.71. The molecule has 0 aromatic carbocycles. The number of hydrogen-bond donors (Lipinski definition) is 2. The van der Waals surface area contributed by atoms with Crippen LogP contribution in [0, 0.1) is 5.92 Å². The molecule has 92 valence electrons. The van der Waals surface area contributed by atoms with Crippen molar-refractivity contribution in [2.45, 2.75) is 44.7 Å². The summed E-state index contributed by atoms with van der Waals surface area (Å²) in [4.78, 5) is 13.9. The highest BCUT2D eigenvalue weighted by Crippen LogP contribution is 2.31. The lowest BCUT2D eigenvalue weighted by Gasteiger charge is -2.34. The van der Waals surface area contributed by atoms with Crippen molar-refractivity contribution in [2.75, 3.05) is 19.6 Å². The Morgan fingerprint density at radius 2 is 2.00 bits per heavy atom. The molecular formula is C12H23N3O. The van der Waals surface area contributed by atoms with Crippen molar-refractivity contribution in [2.24, 2.45) is 11.7 Å². The molecule has 1 saturated heterocycles. The van der Waals surface area contributed by atoms with Gasteiger partial charge in [-0.3, -0.25) is 4.79 Å². The van der Waals surface area contributed by atoms with Crippen molar-refractivity contribution < 1.29 is 4.79 Å². The first-order valence-corrected chi connectivity index (χ1v) is 6.45. The van der Waals surface area contributed by atoms with E-state index in [4.69, 9.17) is 5.73 Å². The molecule has 1 saturated carbocycles. The summed E-state index contributed by atoms with van der Waals surface area (Å²) in [5, 5.41) is 3.51. The maximum atomic E-state index is 11.8. The van der Waals surface area contributed by atoms with Crippen LogP contribution in [0.3, 0.4) is 0 Å². The van der Waals surface area contributed by atoms with Crippen LogP contribution in [0.1, 0.15) is 32.6 Å². The molecule has 1 unspecified atom stereocenters. The molecule has 0 spiro atoms. The molecule has 0 aromatic rings. The zero-order valence-corrected chi connectivity index (χ0v) is 10.1. The first-order chi connectivity index (χ1) is 7.70. The van der Waals surface area contributed by atoms with Crippen LogP contribution in [-0.2, 0) is 4.79 Å². The molecule has 1 aliphatic heterocycles. The monoisotopic (exact) mass is 225 g/mol. The Morgan fingerprint density at radius 1 is 1.38 bits per heavy atom. The molecule has 1 aliphatic carbocycles. The van der Waals surface area contributed by atoms with Crippen molar-refractivity contribution in [3.63, 3.8) is 0 Å². The normalized spacial score (nSPS) is 24.5. The number of rotatable bonds is 4. The predicted molar refractivity (Wildman–Crippen MR) is 64.0 cm³/mol. The number of nitrogens with zero attached hydrogens (tertiary/aromatic N) is 1. The molecule has 2 rings (SSSR count). The summed E-state index contributed by atoms with van der Waals surface area (Å²) in [5.41, 5.74) is 5.59. The summed E-state index contributed by atoms with van der Waals surface area (Å²) >= 11 is 0. The molecule has 4 nitrogen and oxygen atoms in total. The Kier molecular flexibility index (Phi) is 3.82. The highest BCUT2D eigenvalue weighted by Gasteiger charge is 2.34. The number of carbonyl (C=O) groups is 1. The fraction of sp³-hybridized carbons (Fsp3) is 0.917. The van der Waals surface area contributed by atoms with Crippen molar-refractivity contribution in [3.8, 4) is 0 Å². The lowest BCUT2D eigenvalue weighted by atomic mass is 10.0. The second kappa shape index (κ2) is 5.15. The van der Waals surface area contributed by atoms with E-state index in [2.05, 4.69) is 12.2 Å².